The molecule has 1 aliphatic heterocycles. The van der Waals surface area contributed by atoms with Gasteiger partial charge in [-0.25, -0.2) is 0 Å². The molecule has 0 radical (unpaired) electrons. The molecule has 1 aromatic heterocycles. The molecule has 5 nitrogen and oxygen atoms in total. The van der Waals surface area contributed by atoms with Crippen LogP contribution >= 0.6 is 0 Å². The first-order chi connectivity index (χ1) is 7.12. The maximum atomic E-state index is 10.8. The third kappa shape index (κ3) is 1.84. The number of hydrogen-bond acceptors (Lipinski definition) is 4. The minimum atomic E-state index is -0.747. The maximum Gasteiger partial charge on any atom is 0.267 e. The van der Waals surface area contributed by atoms with Crippen LogP contribution in [0.3, 0.4) is 0 Å². The molecular formula is C10H12N2O3. The molecule has 0 aromatic carbocycles. The zero-order valence-electron chi connectivity index (χ0n) is 8.40. The van der Waals surface area contributed by atoms with Crippen molar-refractivity contribution < 1.29 is 14.3 Å². The van der Waals surface area contributed by atoms with Gasteiger partial charge in [-0.15, -0.1) is 0 Å². The van der Waals surface area contributed by atoms with Crippen LogP contribution in [0.2, 0.25) is 0 Å². The average Bonchev–Trinajstić information content (AvgIpc) is 2.67. The Labute approximate surface area is 87.2 Å². The zero-order valence-corrected chi connectivity index (χ0v) is 8.40. The van der Waals surface area contributed by atoms with E-state index >= 15 is 0 Å². The Bertz CT molecular complexity index is 369. The van der Waals surface area contributed by atoms with E-state index in [0.29, 0.717) is 13.2 Å². The minimum absolute atomic E-state index is 0.236. The van der Waals surface area contributed by atoms with Gasteiger partial charge in [-0.3, -0.25) is 9.78 Å². The molecule has 0 bridgehead atoms. The Kier molecular flexibility index (Phi) is 2.42. The highest BCUT2D eigenvalue weighted by Gasteiger charge is 2.33. The average molecular weight is 208 g/mol. The number of primary amides is 1. The monoisotopic (exact) mass is 208 g/mol. The SMILES string of the molecule is CC1(c2ccc(C(N)=O)nc2)OCCO1. The summed E-state index contributed by atoms with van der Waals surface area (Å²) in [7, 11) is 0. The van der Waals surface area contributed by atoms with Crippen molar-refractivity contribution in [3.05, 3.63) is 29.6 Å². The van der Waals surface area contributed by atoms with Gasteiger partial charge in [0.2, 0.25) is 0 Å². The van der Waals surface area contributed by atoms with Gasteiger partial charge in [-0.1, -0.05) is 0 Å². The van der Waals surface area contributed by atoms with Crippen molar-refractivity contribution in [3.8, 4) is 0 Å². The Balaban J connectivity index is 2.26. The summed E-state index contributed by atoms with van der Waals surface area (Å²) in [5.74, 6) is -1.29. The van der Waals surface area contributed by atoms with Crippen molar-refractivity contribution in [2.24, 2.45) is 5.73 Å². The van der Waals surface area contributed by atoms with Crippen LogP contribution in [0.25, 0.3) is 0 Å². The fraction of sp³-hybridized carbons (Fsp3) is 0.400. The second-order valence-electron chi connectivity index (χ2n) is 3.44. The van der Waals surface area contributed by atoms with Crippen LogP contribution < -0.4 is 5.73 Å². The molecule has 1 fully saturated rings. The zero-order chi connectivity index (χ0) is 10.9. The van der Waals surface area contributed by atoms with Crippen LogP contribution in [-0.4, -0.2) is 24.1 Å². The number of ether oxygens (including phenoxy) is 2. The number of amides is 1. The van der Waals surface area contributed by atoms with Crippen molar-refractivity contribution in [1.82, 2.24) is 4.98 Å². The molecule has 1 aromatic rings. The number of aromatic nitrogens is 1. The number of nitrogens with zero attached hydrogens (tertiary/aromatic N) is 1. The lowest BCUT2D eigenvalue weighted by molar-refractivity contribution is -0.149. The van der Waals surface area contributed by atoms with Gasteiger partial charge < -0.3 is 15.2 Å². The molecule has 1 aliphatic rings. The van der Waals surface area contributed by atoms with E-state index in [4.69, 9.17) is 15.2 Å². The van der Waals surface area contributed by atoms with E-state index in [1.807, 2.05) is 6.92 Å². The molecule has 0 aliphatic carbocycles. The molecule has 1 amide bonds. The molecular weight excluding hydrogens is 196 g/mol. The lowest BCUT2D eigenvalue weighted by Crippen LogP contribution is -2.23. The molecule has 1 saturated heterocycles. The van der Waals surface area contributed by atoms with E-state index in [0.717, 1.165) is 5.56 Å². The number of nitrogens with two attached hydrogens (primary N) is 1. The van der Waals surface area contributed by atoms with E-state index in [2.05, 4.69) is 4.98 Å². The fourth-order valence-corrected chi connectivity index (χ4v) is 1.49. The summed E-state index contributed by atoms with van der Waals surface area (Å²) >= 11 is 0. The molecule has 2 N–H and O–H groups in total. The molecule has 2 heterocycles. The molecule has 0 saturated carbocycles. The van der Waals surface area contributed by atoms with E-state index in [-0.39, 0.29) is 5.69 Å². The van der Waals surface area contributed by atoms with Crippen LogP contribution in [0.15, 0.2) is 18.3 Å². The Morgan fingerprint density at radius 3 is 2.60 bits per heavy atom. The van der Waals surface area contributed by atoms with Crippen LogP contribution in [0, 0.1) is 0 Å². The molecule has 0 atom stereocenters. The molecule has 2 rings (SSSR count). The number of hydrogen-bond donors (Lipinski definition) is 1. The highest BCUT2D eigenvalue weighted by Crippen LogP contribution is 2.29. The highest BCUT2D eigenvalue weighted by molar-refractivity contribution is 5.90. The summed E-state index contributed by atoms with van der Waals surface area (Å²) in [6.07, 6.45) is 1.55. The van der Waals surface area contributed by atoms with E-state index < -0.39 is 11.7 Å². The van der Waals surface area contributed by atoms with Crippen molar-refractivity contribution in [2.75, 3.05) is 13.2 Å². The largest absolute Gasteiger partial charge is 0.364 e. The third-order valence-electron chi connectivity index (χ3n) is 2.38. The topological polar surface area (TPSA) is 74.4 Å². The minimum Gasteiger partial charge on any atom is -0.364 e. The van der Waals surface area contributed by atoms with Crippen LogP contribution in [0.5, 0.6) is 0 Å². The quantitative estimate of drug-likeness (QED) is 0.763. The van der Waals surface area contributed by atoms with E-state index in [1.165, 1.54) is 0 Å². The van der Waals surface area contributed by atoms with Crippen molar-refractivity contribution in [1.29, 1.82) is 0 Å². The van der Waals surface area contributed by atoms with Gasteiger partial charge in [0, 0.05) is 11.8 Å². The summed E-state index contributed by atoms with van der Waals surface area (Å²) in [5.41, 5.74) is 6.11. The first-order valence-electron chi connectivity index (χ1n) is 4.66. The molecule has 5 heteroatoms. The predicted molar refractivity (Wildman–Crippen MR) is 52.0 cm³/mol. The van der Waals surface area contributed by atoms with Crippen molar-refractivity contribution >= 4 is 5.91 Å². The van der Waals surface area contributed by atoms with Crippen molar-refractivity contribution in [2.45, 2.75) is 12.7 Å². The Morgan fingerprint density at radius 1 is 1.47 bits per heavy atom. The fourth-order valence-electron chi connectivity index (χ4n) is 1.49. The second kappa shape index (κ2) is 3.60. The lowest BCUT2D eigenvalue weighted by atomic mass is 10.1. The van der Waals surface area contributed by atoms with Crippen molar-refractivity contribution in [3.63, 3.8) is 0 Å². The lowest BCUT2D eigenvalue weighted by Gasteiger charge is -2.22. The van der Waals surface area contributed by atoms with E-state index in [1.54, 1.807) is 18.3 Å². The first-order valence-corrected chi connectivity index (χ1v) is 4.66. The van der Waals surface area contributed by atoms with E-state index in [9.17, 15) is 4.79 Å². The number of carbonyl (C=O) groups excluding carboxylic acids is 1. The van der Waals surface area contributed by atoms with Gasteiger partial charge in [0.1, 0.15) is 5.69 Å². The molecule has 0 unspecified atom stereocenters. The van der Waals surface area contributed by atoms with Gasteiger partial charge in [0.05, 0.1) is 13.2 Å². The number of rotatable bonds is 2. The molecule has 15 heavy (non-hydrogen) atoms. The van der Waals surface area contributed by atoms with Crippen LogP contribution in [0.4, 0.5) is 0 Å². The summed E-state index contributed by atoms with van der Waals surface area (Å²) in [5, 5.41) is 0. The standard InChI is InChI=1S/C10H12N2O3/c1-10(14-4-5-15-10)7-2-3-8(9(11)13)12-6-7/h2-3,6H,4-5H2,1H3,(H2,11,13). The van der Waals surface area contributed by atoms with Crippen LogP contribution in [-0.2, 0) is 15.3 Å². The summed E-state index contributed by atoms with van der Waals surface area (Å²) in [6, 6.07) is 3.30. The summed E-state index contributed by atoms with van der Waals surface area (Å²) < 4.78 is 10.9. The summed E-state index contributed by atoms with van der Waals surface area (Å²) in [6.45, 7) is 2.95. The maximum absolute atomic E-state index is 10.8. The van der Waals surface area contributed by atoms with Gasteiger partial charge in [0.15, 0.2) is 5.79 Å². The van der Waals surface area contributed by atoms with Gasteiger partial charge in [-0.2, -0.15) is 0 Å². The molecule has 0 spiro atoms. The first kappa shape index (κ1) is 10.1. The second-order valence-corrected chi connectivity index (χ2v) is 3.44. The van der Waals surface area contributed by atoms with Crippen LogP contribution in [0.1, 0.15) is 23.0 Å². The number of pyridine rings is 1. The molecule has 80 valence electrons. The number of carbonyl (C=O) groups is 1. The van der Waals surface area contributed by atoms with Gasteiger partial charge in [-0.05, 0) is 19.1 Å². The Hall–Kier alpha value is -1.46. The predicted octanol–water partition coefficient (Wildman–Crippen LogP) is 0.400. The highest BCUT2D eigenvalue weighted by atomic mass is 16.7. The van der Waals surface area contributed by atoms with Gasteiger partial charge in [0.25, 0.3) is 5.91 Å². The third-order valence-corrected chi connectivity index (χ3v) is 2.38. The smallest absolute Gasteiger partial charge is 0.267 e. The van der Waals surface area contributed by atoms with Gasteiger partial charge >= 0.3 is 0 Å². The summed E-state index contributed by atoms with van der Waals surface area (Å²) in [4.78, 5) is 14.7. The Morgan fingerprint density at radius 2 is 2.13 bits per heavy atom. The normalized spacial score (nSPS) is 19.0.